The second-order valence-electron chi connectivity index (χ2n) is 5.88. The monoisotopic (exact) mass is 277 g/mol. The van der Waals surface area contributed by atoms with Crippen LogP contribution in [0.4, 0.5) is 0 Å². The van der Waals surface area contributed by atoms with Crippen LogP contribution < -0.4 is 10.1 Å². The topological polar surface area (TPSA) is 30.5 Å². The molecule has 0 aliphatic heterocycles. The molecule has 3 nitrogen and oxygen atoms in total. The third-order valence-electron chi connectivity index (χ3n) is 3.65. The lowest BCUT2D eigenvalue weighted by molar-refractivity contribution is 0.108. The fraction of sp³-hybridized carbons (Fsp3) is 0.647. The molecule has 1 N–H and O–H groups in total. The first-order chi connectivity index (χ1) is 9.69. The van der Waals surface area contributed by atoms with Crippen LogP contribution in [0.3, 0.4) is 0 Å². The minimum atomic E-state index is 0.215. The first-order valence-corrected chi connectivity index (χ1v) is 7.70. The first kappa shape index (κ1) is 15.3. The van der Waals surface area contributed by atoms with Crippen molar-refractivity contribution in [2.75, 3.05) is 20.3 Å². The lowest BCUT2D eigenvalue weighted by atomic mass is 10.1. The van der Waals surface area contributed by atoms with E-state index in [9.17, 15) is 0 Å². The molecule has 1 unspecified atom stereocenters. The normalized spacial score (nSPS) is 16.4. The Labute approximate surface area is 122 Å². The van der Waals surface area contributed by atoms with Crippen molar-refractivity contribution in [1.29, 1.82) is 0 Å². The molecule has 20 heavy (non-hydrogen) atoms. The van der Waals surface area contributed by atoms with Crippen molar-refractivity contribution < 1.29 is 9.47 Å². The Hall–Kier alpha value is -1.06. The fourth-order valence-corrected chi connectivity index (χ4v) is 2.25. The fourth-order valence-electron chi connectivity index (χ4n) is 2.25. The molecule has 0 radical (unpaired) electrons. The third-order valence-corrected chi connectivity index (χ3v) is 3.65. The molecule has 0 saturated heterocycles. The number of likely N-dealkylation sites (N-methyl/N-ethyl adjacent to an activating group) is 1. The van der Waals surface area contributed by atoms with Gasteiger partial charge in [0.2, 0.25) is 0 Å². The highest BCUT2D eigenvalue weighted by molar-refractivity contribution is 5.29. The quantitative estimate of drug-likeness (QED) is 0.700. The number of benzene rings is 1. The zero-order chi connectivity index (χ0) is 14.4. The summed E-state index contributed by atoms with van der Waals surface area (Å²) in [5.41, 5.74) is 1.25. The summed E-state index contributed by atoms with van der Waals surface area (Å²) in [7, 11) is 1.98. The van der Waals surface area contributed by atoms with E-state index in [0.29, 0.717) is 0 Å². The van der Waals surface area contributed by atoms with Gasteiger partial charge in [0, 0.05) is 6.61 Å². The maximum absolute atomic E-state index is 5.79. The second-order valence-corrected chi connectivity index (χ2v) is 5.88. The maximum Gasteiger partial charge on any atom is 0.119 e. The van der Waals surface area contributed by atoms with Crippen LogP contribution in [0.1, 0.15) is 44.7 Å². The molecule has 1 aromatic carbocycles. The van der Waals surface area contributed by atoms with Crippen molar-refractivity contribution in [3.8, 4) is 5.75 Å². The third kappa shape index (κ3) is 5.14. The van der Waals surface area contributed by atoms with Crippen molar-refractivity contribution in [3.05, 3.63) is 29.8 Å². The van der Waals surface area contributed by atoms with Gasteiger partial charge in [-0.2, -0.15) is 0 Å². The van der Waals surface area contributed by atoms with Gasteiger partial charge in [-0.1, -0.05) is 25.0 Å². The van der Waals surface area contributed by atoms with Crippen molar-refractivity contribution in [2.45, 2.75) is 45.3 Å². The van der Waals surface area contributed by atoms with Crippen LogP contribution in [0.25, 0.3) is 0 Å². The summed E-state index contributed by atoms with van der Waals surface area (Å²) >= 11 is 0. The molecule has 1 aliphatic carbocycles. The maximum atomic E-state index is 5.79. The summed E-state index contributed by atoms with van der Waals surface area (Å²) in [4.78, 5) is 0. The summed E-state index contributed by atoms with van der Waals surface area (Å²) in [5, 5.41) is 3.32. The number of nitrogens with one attached hydrogen (secondary N) is 1. The highest BCUT2D eigenvalue weighted by atomic mass is 16.5. The Balaban J connectivity index is 1.79. The van der Waals surface area contributed by atoms with E-state index < -0.39 is 0 Å². The van der Waals surface area contributed by atoms with E-state index in [4.69, 9.17) is 9.47 Å². The van der Waals surface area contributed by atoms with Crippen LogP contribution >= 0.6 is 0 Å². The average Bonchev–Trinajstić information content (AvgIpc) is 3.24. The van der Waals surface area contributed by atoms with E-state index in [1.54, 1.807) is 0 Å². The first-order valence-electron chi connectivity index (χ1n) is 7.70. The molecule has 1 atom stereocenters. The number of ether oxygens (including phenoxy) is 2. The van der Waals surface area contributed by atoms with Crippen LogP contribution in [0.5, 0.6) is 5.75 Å². The van der Waals surface area contributed by atoms with E-state index in [2.05, 4.69) is 17.4 Å². The van der Waals surface area contributed by atoms with Crippen molar-refractivity contribution in [2.24, 2.45) is 5.92 Å². The summed E-state index contributed by atoms with van der Waals surface area (Å²) in [6.45, 7) is 5.70. The highest BCUT2D eigenvalue weighted by Gasteiger charge is 2.20. The van der Waals surface area contributed by atoms with Crippen molar-refractivity contribution >= 4 is 0 Å². The van der Waals surface area contributed by atoms with E-state index in [1.165, 1.54) is 24.8 Å². The number of hydrogen-bond acceptors (Lipinski definition) is 3. The molecule has 1 saturated carbocycles. The van der Waals surface area contributed by atoms with Gasteiger partial charge in [0.1, 0.15) is 5.75 Å². The minimum absolute atomic E-state index is 0.215. The van der Waals surface area contributed by atoms with Gasteiger partial charge in [-0.05, 0) is 50.9 Å². The number of hydrogen-bond donors (Lipinski definition) is 1. The van der Waals surface area contributed by atoms with Gasteiger partial charge in [0.15, 0.2) is 0 Å². The largest absolute Gasteiger partial charge is 0.491 e. The molecule has 1 fully saturated rings. The summed E-state index contributed by atoms with van der Waals surface area (Å²) in [6.07, 6.45) is 4.23. The van der Waals surface area contributed by atoms with Crippen LogP contribution in [0, 0.1) is 5.92 Å². The average molecular weight is 277 g/mol. The smallest absolute Gasteiger partial charge is 0.119 e. The van der Waals surface area contributed by atoms with E-state index >= 15 is 0 Å². The van der Waals surface area contributed by atoms with Crippen LogP contribution in [0.2, 0.25) is 0 Å². The molecule has 1 aromatic rings. The van der Waals surface area contributed by atoms with Gasteiger partial charge in [-0.3, -0.25) is 0 Å². The lowest BCUT2D eigenvalue weighted by Crippen LogP contribution is -2.22. The molecular weight excluding hydrogens is 250 g/mol. The van der Waals surface area contributed by atoms with E-state index in [-0.39, 0.29) is 12.1 Å². The van der Waals surface area contributed by atoms with E-state index in [1.807, 2.05) is 33.0 Å². The lowest BCUT2D eigenvalue weighted by Gasteiger charge is -2.18. The van der Waals surface area contributed by atoms with Crippen LogP contribution in [-0.4, -0.2) is 26.4 Å². The molecule has 1 aliphatic rings. The Morgan fingerprint density at radius 2 is 1.90 bits per heavy atom. The van der Waals surface area contributed by atoms with Crippen LogP contribution in [-0.2, 0) is 4.74 Å². The SMILES string of the molecule is CNC(COCCC1CC1)c1ccc(OC(C)C)cc1. The zero-order valence-electron chi connectivity index (χ0n) is 12.9. The van der Waals surface area contributed by atoms with Gasteiger partial charge in [-0.15, -0.1) is 0 Å². The van der Waals surface area contributed by atoms with Crippen LogP contribution in [0.15, 0.2) is 24.3 Å². The Kier molecular flexibility index (Phi) is 5.86. The Morgan fingerprint density at radius 1 is 1.20 bits per heavy atom. The molecule has 2 rings (SSSR count). The Morgan fingerprint density at radius 3 is 2.45 bits per heavy atom. The van der Waals surface area contributed by atoms with Gasteiger partial charge in [-0.25, -0.2) is 0 Å². The minimum Gasteiger partial charge on any atom is -0.491 e. The number of rotatable bonds is 9. The zero-order valence-corrected chi connectivity index (χ0v) is 12.9. The summed E-state index contributed by atoms with van der Waals surface area (Å²) in [6, 6.07) is 8.54. The molecule has 0 aromatic heterocycles. The molecule has 0 spiro atoms. The van der Waals surface area contributed by atoms with Gasteiger partial charge < -0.3 is 14.8 Å². The molecule has 3 heteroatoms. The summed E-state index contributed by atoms with van der Waals surface area (Å²) < 4.78 is 11.5. The van der Waals surface area contributed by atoms with Gasteiger partial charge in [0.05, 0.1) is 18.8 Å². The standard InChI is InChI=1S/C17H27NO2/c1-13(2)20-16-8-6-15(7-9-16)17(18-3)12-19-11-10-14-4-5-14/h6-9,13-14,17-18H,4-5,10-12H2,1-3H3. The highest BCUT2D eigenvalue weighted by Crippen LogP contribution is 2.32. The Bertz CT molecular complexity index is 384. The molecule has 0 amide bonds. The molecular formula is C17H27NO2. The predicted molar refractivity (Wildman–Crippen MR) is 82.2 cm³/mol. The second kappa shape index (κ2) is 7.65. The van der Waals surface area contributed by atoms with Gasteiger partial charge >= 0.3 is 0 Å². The van der Waals surface area contributed by atoms with Crippen molar-refractivity contribution in [1.82, 2.24) is 5.32 Å². The molecule has 0 bridgehead atoms. The predicted octanol–water partition coefficient (Wildman–Crippen LogP) is 3.55. The molecule has 112 valence electrons. The molecule has 0 heterocycles. The van der Waals surface area contributed by atoms with Gasteiger partial charge in [0.25, 0.3) is 0 Å². The summed E-state index contributed by atoms with van der Waals surface area (Å²) in [5.74, 6) is 1.86. The van der Waals surface area contributed by atoms with Crippen molar-refractivity contribution in [3.63, 3.8) is 0 Å². The van der Waals surface area contributed by atoms with E-state index in [0.717, 1.165) is 24.9 Å².